The number of thiocarbonyl (C=S) groups is 1. The number of halogens is 2. The van der Waals surface area contributed by atoms with Gasteiger partial charge < -0.3 is 10.2 Å². The molecule has 0 bridgehead atoms. The van der Waals surface area contributed by atoms with Gasteiger partial charge in [-0.25, -0.2) is 17.2 Å². The first kappa shape index (κ1) is 18.0. The lowest BCUT2D eigenvalue weighted by Crippen LogP contribution is -2.53. The second-order valence-corrected chi connectivity index (χ2v) is 7.86. The van der Waals surface area contributed by atoms with Crippen LogP contribution in [0.1, 0.15) is 13.8 Å². The van der Waals surface area contributed by atoms with Crippen molar-refractivity contribution in [2.45, 2.75) is 24.8 Å². The standard InChI is InChI=1S/C14H19F2N3O2S2/c1-10(2)17-14(22)18-5-7-19(8-6-18)23(20,21)13-9-11(15)3-4-12(13)16/h3-4,9-10H,5-8H2,1-2H3,(H,17,22). The number of hydrogen-bond donors (Lipinski definition) is 1. The number of nitrogens with one attached hydrogen (secondary N) is 1. The molecule has 9 heteroatoms. The number of rotatable bonds is 3. The Bertz CT molecular complexity index is 687. The predicted molar refractivity (Wildman–Crippen MR) is 87.6 cm³/mol. The molecular formula is C14H19F2N3O2S2. The molecule has 0 spiro atoms. The van der Waals surface area contributed by atoms with Gasteiger partial charge in [-0.05, 0) is 44.3 Å². The predicted octanol–water partition coefficient (Wildman–Crippen LogP) is 1.55. The van der Waals surface area contributed by atoms with Crippen molar-refractivity contribution in [2.24, 2.45) is 0 Å². The van der Waals surface area contributed by atoms with Gasteiger partial charge in [0.2, 0.25) is 10.0 Å². The van der Waals surface area contributed by atoms with Gasteiger partial charge in [-0.15, -0.1) is 0 Å². The maximum atomic E-state index is 13.8. The minimum Gasteiger partial charge on any atom is -0.360 e. The Hall–Kier alpha value is -1.32. The Morgan fingerprint density at radius 2 is 1.83 bits per heavy atom. The second-order valence-electron chi connectivity index (χ2n) is 5.57. The van der Waals surface area contributed by atoms with E-state index in [-0.39, 0.29) is 19.1 Å². The van der Waals surface area contributed by atoms with Gasteiger partial charge in [0.15, 0.2) is 5.11 Å². The average molecular weight is 363 g/mol. The molecule has 0 saturated carbocycles. The monoisotopic (exact) mass is 363 g/mol. The summed E-state index contributed by atoms with van der Waals surface area (Å²) in [4.78, 5) is 1.23. The zero-order chi connectivity index (χ0) is 17.2. The Labute approximate surface area is 140 Å². The molecule has 23 heavy (non-hydrogen) atoms. The van der Waals surface area contributed by atoms with E-state index in [2.05, 4.69) is 5.32 Å². The van der Waals surface area contributed by atoms with Gasteiger partial charge in [0, 0.05) is 32.2 Å². The van der Waals surface area contributed by atoms with E-state index in [0.717, 1.165) is 16.4 Å². The lowest BCUT2D eigenvalue weighted by Gasteiger charge is -2.36. The van der Waals surface area contributed by atoms with Crippen LogP contribution in [-0.2, 0) is 10.0 Å². The van der Waals surface area contributed by atoms with Gasteiger partial charge >= 0.3 is 0 Å². The highest BCUT2D eigenvalue weighted by molar-refractivity contribution is 7.89. The van der Waals surface area contributed by atoms with Crippen LogP contribution in [0.25, 0.3) is 0 Å². The van der Waals surface area contributed by atoms with Crippen LogP contribution in [0.5, 0.6) is 0 Å². The second kappa shape index (κ2) is 7.06. The molecule has 2 rings (SSSR count). The number of benzene rings is 1. The first-order chi connectivity index (χ1) is 10.7. The number of piperazine rings is 1. The summed E-state index contributed by atoms with van der Waals surface area (Å²) in [5.74, 6) is -1.74. The van der Waals surface area contributed by atoms with E-state index in [0.29, 0.717) is 24.3 Å². The van der Waals surface area contributed by atoms with Crippen LogP contribution in [0.2, 0.25) is 0 Å². The molecule has 0 radical (unpaired) electrons. The van der Waals surface area contributed by atoms with Crippen molar-refractivity contribution in [3.05, 3.63) is 29.8 Å². The Balaban J connectivity index is 2.10. The molecular weight excluding hydrogens is 344 g/mol. The molecule has 0 unspecified atom stereocenters. The molecule has 1 aliphatic rings. The SMILES string of the molecule is CC(C)NC(=S)N1CCN(S(=O)(=O)c2cc(F)ccc2F)CC1. The molecule has 1 aliphatic heterocycles. The maximum absolute atomic E-state index is 13.8. The van der Waals surface area contributed by atoms with Gasteiger partial charge in [-0.2, -0.15) is 4.31 Å². The van der Waals surface area contributed by atoms with Crippen LogP contribution < -0.4 is 5.32 Å². The molecule has 5 nitrogen and oxygen atoms in total. The van der Waals surface area contributed by atoms with E-state index >= 15 is 0 Å². The molecule has 0 atom stereocenters. The molecule has 1 N–H and O–H groups in total. The normalized spacial score (nSPS) is 16.7. The summed E-state index contributed by atoms with van der Waals surface area (Å²) >= 11 is 5.25. The fourth-order valence-corrected chi connectivity index (χ4v) is 4.20. The zero-order valence-corrected chi connectivity index (χ0v) is 14.6. The summed E-state index contributed by atoms with van der Waals surface area (Å²) < 4.78 is 53.1. The summed E-state index contributed by atoms with van der Waals surface area (Å²) in [6.07, 6.45) is 0. The highest BCUT2D eigenvalue weighted by atomic mass is 32.2. The van der Waals surface area contributed by atoms with E-state index in [1.165, 1.54) is 0 Å². The van der Waals surface area contributed by atoms with Gasteiger partial charge in [-0.1, -0.05) is 0 Å². The molecule has 1 aromatic carbocycles. The average Bonchev–Trinajstić information content (AvgIpc) is 2.49. The summed E-state index contributed by atoms with van der Waals surface area (Å²) in [6.45, 7) is 5.04. The zero-order valence-electron chi connectivity index (χ0n) is 12.9. The van der Waals surface area contributed by atoms with Gasteiger partial charge in [0.1, 0.15) is 16.5 Å². The highest BCUT2D eigenvalue weighted by Gasteiger charge is 2.31. The lowest BCUT2D eigenvalue weighted by molar-refractivity contribution is 0.262. The number of nitrogens with zero attached hydrogens (tertiary/aromatic N) is 2. The fourth-order valence-electron chi connectivity index (χ4n) is 2.28. The molecule has 0 amide bonds. The fraction of sp³-hybridized carbons (Fsp3) is 0.500. The number of sulfonamides is 1. The molecule has 0 aliphatic carbocycles. The van der Waals surface area contributed by atoms with E-state index < -0.39 is 26.6 Å². The summed E-state index contributed by atoms with van der Waals surface area (Å²) in [5.41, 5.74) is 0. The number of hydrogen-bond acceptors (Lipinski definition) is 3. The van der Waals surface area contributed by atoms with Crippen molar-refractivity contribution in [1.82, 2.24) is 14.5 Å². The maximum Gasteiger partial charge on any atom is 0.246 e. The Morgan fingerprint density at radius 3 is 2.39 bits per heavy atom. The van der Waals surface area contributed by atoms with Crippen molar-refractivity contribution in [3.63, 3.8) is 0 Å². The van der Waals surface area contributed by atoms with Crippen molar-refractivity contribution >= 4 is 27.4 Å². The van der Waals surface area contributed by atoms with E-state index in [1.807, 2.05) is 18.7 Å². The topological polar surface area (TPSA) is 52.6 Å². The third-order valence-corrected chi connectivity index (χ3v) is 5.74. The van der Waals surface area contributed by atoms with Crippen molar-refractivity contribution in [3.8, 4) is 0 Å². The largest absolute Gasteiger partial charge is 0.360 e. The summed E-state index contributed by atoms with van der Waals surface area (Å²) in [6, 6.07) is 2.61. The van der Waals surface area contributed by atoms with Crippen molar-refractivity contribution < 1.29 is 17.2 Å². The van der Waals surface area contributed by atoms with E-state index in [9.17, 15) is 17.2 Å². The van der Waals surface area contributed by atoms with Crippen molar-refractivity contribution in [1.29, 1.82) is 0 Å². The van der Waals surface area contributed by atoms with Gasteiger partial charge in [0.25, 0.3) is 0 Å². The lowest BCUT2D eigenvalue weighted by atomic mass is 10.3. The van der Waals surface area contributed by atoms with Gasteiger partial charge in [0.05, 0.1) is 0 Å². The van der Waals surface area contributed by atoms with Crippen LogP contribution in [-0.4, -0.2) is 55.0 Å². The smallest absolute Gasteiger partial charge is 0.246 e. The Morgan fingerprint density at radius 1 is 1.22 bits per heavy atom. The molecule has 1 saturated heterocycles. The van der Waals surface area contributed by atoms with Crippen LogP contribution in [0.3, 0.4) is 0 Å². The van der Waals surface area contributed by atoms with E-state index in [4.69, 9.17) is 12.2 Å². The Kier molecular flexibility index (Phi) is 5.53. The summed E-state index contributed by atoms with van der Waals surface area (Å²) in [5, 5.41) is 3.66. The third-order valence-electron chi connectivity index (χ3n) is 3.45. The van der Waals surface area contributed by atoms with Crippen molar-refractivity contribution in [2.75, 3.05) is 26.2 Å². The molecule has 0 aromatic heterocycles. The quantitative estimate of drug-likeness (QED) is 0.826. The van der Waals surface area contributed by atoms with Crippen LogP contribution in [0, 0.1) is 11.6 Å². The van der Waals surface area contributed by atoms with Crippen LogP contribution in [0.15, 0.2) is 23.1 Å². The first-order valence-electron chi connectivity index (χ1n) is 7.22. The van der Waals surface area contributed by atoms with E-state index in [1.54, 1.807) is 0 Å². The van der Waals surface area contributed by atoms with Crippen LogP contribution in [0.4, 0.5) is 8.78 Å². The molecule has 1 heterocycles. The minimum absolute atomic E-state index is 0.165. The molecule has 1 fully saturated rings. The highest BCUT2D eigenvalue weighted by Crippen LogP contribution is 2.21. The molecule has 128 valence electrons. The first-order valence-corrected chi connectivity index (χ1v) is 9.07. The van der Waals surface area contributed by atoms with Gasteiger partial charge in [-0.3, -0.25) is 0 Å². The summed E-state index contributed by atoms with van der Waals surface area (Å²) in [7, 11) is -4.06. The molecule has 1 aromatic rings. The third kappa shape index (κ3) is 4.15. The van der Waals surface area contributed by atoms with Crippen LogP contribution >= 0.6 is 12.2 Å². The minimum atomic E-state index is -4.06.